The SMILES string of the molecule is C=CC(/C=N/C(C=NC)=C(\N=C\CC)N(/C=C\CC)NC)=C\C=C/C. The number of hydrogen-bond donors (Lipinski definition) is 1. The first-order valence-electron chi connectivity index (χ1n) is 8.50. The van der Waals surface area contributed by atoms with Crippen molar-refractivity contribution in [1.29, 1.82) is 0 Å². The van der Waals surface area contributed by atoms with Gasteiger partial charge in [-0.15, -0.1) is 0 Å². The predicted octanol–water partition coefficient (Wildman–Crippen LogP) is 4.46. The summed E-state index contributed by atoms with van der Waals surface area (Å²) in [5.41, 5.74) is 4.66. The van der Waals surface area contributed by atoms with Gasteiger partial charge in [-0.2, -0.15) is 0 Å². The second-order valence-corrected chi connectivity index (χ2v) is 4.86. The molecule has 0 amide bonds. The standard InChI is InChI=1S/C20H31N5/c1-7-11-13-18(10-4)16-24-19(17-21-5)20(23-14-9-3)25(22-6)15-12-8-2/h7,10-17,22H,4,8-9H2,1-3,5-6H3/b11-7-,15-12-,18-13+,20-19+,21-17?,23-14+,24-16+. The van der Waals surface area contributed by atoms with Gasteiger partial charge in [-0.05, 0) is 25.3 Å². The van der Waals surface area contributed by atoms with E-state index >= 15 is 0 Å². The van der Waals surface area contributed by atoms with Crippen LogP contribution < -0.4 is 5.43 Å². The summed E-state index contributed by atoms with van der Waals surface area (Å²) in [6.45, 7) is 9.90. The van der Waals surface area contributed by atoms with Crippen molar-refractivity contribution in [2.24, 2.45) is 15.0 Å². The number of rotatable bonds is 11. The molecule has 0 rings (SSSR count). The third kappa shape index (κ3) is 9.37. The van der Waals surface area contributed by atoms with E-state index < -0.39 is 0 Å². The Kier molecular flexibility index (Phi) is 13.5. The molecule has 0 aliphatic rings. The van der Waals surface area contributed by atoms with Gasteiger partial charge in [-0.1, -0.05) is 50.8 Å². The molecule has 0 aromatic carbocycles. The molecule has 0 aliphatic carbocycles. The lowest BCUT2D eigenvalue weighted by atomic mass is 10.2. The van der Waals surface area contributed by atoms with E-state index in [2.05, 4.69) is 33.9 Å². The van der Waals surface area contributed by atoms with Crippen LogP contribution in [0.15, 0.2) is 75.2 Å². The Balaban J connectivity index is 6.09. The molecule has 0 spiro atoms. The Morgan fingerprint density at radius 3 is 2.44 bits per heavy atom. The smallest absolute Gasteiger partial charge is 0.174 e. The van der Waals surface area contributed by atoms with E-state index in [-0.39, 0.29) is 0 Å². The molecule has 0 saturated carbocycles. The molecule has 0 aromatic rings. The lowest BCUT2D eigenvalue weighted by Crippen LogP contribution is -2.29. The van der Waals surface area contributed by atoms with E-state index in [4.69, 9.17) is 0 Å². The van der Waals surface area contributed by atoms with Crippen LogP contribution in [0.5, 0.6) is 0 Å². The minimum absolute atomic E-state index is 0.649. The maximum Gasteiger partial charge on any atom is 0.174 e. The van der Waals surface area contributed by atoms with Gasteiger partial charge in [0.1, 0.15) is 5.70 Å². The molecule has 1 N–H and O–H groups in total. The van der Waals surface area contributed by atoms with Gasteiger partial charge in [-0.25, -0.2) is 10.4 Å². The molecule has 0 saturated heterocycles. The molecular formula is C20H31N5. The van der Waals surface area contributed by atoms with Crippen LogP contribution in [0.2, 0.25) is 0 Å². The number of nitrogens with one attached hydrogen (secondary N) is 1. The minimum Gasteiger partial charge on any atom is -0.294 e. The van der Waals surface area contributed by atoms with Crippen LogP contribution in [0, 0.1) is 0 Å². The van der Waals surface area contributed by atoms with Crippen LogP contribution in [0.3, 0.4) is 0 Å². The van der Waals surface area contributed by atoms with Gasteiger partial charge in [0.25, 0.3) is 0 Å². The molecule has 0 heterocycles. The monoisotopic (exact) mass is 341 g/mol. The van der Waals surface area contributed by atoms with E-state index in [0.717, 1.165) is 18.4 Å². The Morgan fingerprint density at radius 1 is 1.16 bits per heavy atom. The Morgan fingerprint density at radius 2 is 1.92 bits per heavy atom. The van der Waals surface area contributed by atoms with Crippen molar-refractivity contribution >= 4 is 18.6 Å². The molecule has 5 heteroatoms. The zero-order chi connectivity index (χ0) is 18.9. The van der Waals surface area contributed by atoms with Gasteiger partial charge >= 0.3 is 0 Å². The Labute approximate surface area is 152 Å². The summed E-state index contributed by atoms with van der Waals surface area (Å²) in [6, 6.07) is 0. The van der Waals surface area contributed by atoms with Gasteiger partial charge in [-0.3, -0.25) is 15.0 Å². The average molecular weight is 342 g/mol. The van der Waals surface area contributed by atoms with Crippen LogP contribution in [0.4, 0.5) is 0 Å². The Bertz CT molecular complexity index is 589. The van der Waals surface area contributed by atoms with Crippen molar-refractivity contribution in [1.82, 2.24) is 10.4 Å². The number of allylic oxidation sites excluding steroid dienone is 7. The molecule has 136 valence electrons. The third-order valence-electron chi connectivity index (χ3n) is 2.91. The first-order valence-corrected chi connectivity index (χ1v) is 8.50. The fourth-order valence-electron chi connectivity index (χ4n) is 1.68. The predicted molar refractivity (Wildman–Crippen MR) is 112 cm³/mol. The molecule has 0 aromatic heterocycles. The van der Waals surface area contributed by atoms with E-state index in [1.165, 1.54) is 0 Å². The van der Waals surface area contributed by atoms with Crippen molar-refractivity contribution in [3.05, 3.63) is 60.3 Å². The molecule has 0 aliphatic heterocycles. The van der Waals surface area contributed by atoms with Crippen LogP contribution >= 0.6 is 0 Å². The van der Waals surface area contributed by atoms with Crippen LogP contribution in [-0.2, 0) is 0 Å². The van der Waals surface area contributed by atoms with Crippen molar-refractivity contribution in [2.75, 3.05) is 14.1 Å². The lowest BCUT2D eigenvalue weighted by molar-refractivity contribution is 0.367. The summed E-state index contributed by atoms with van der Waals surface area (Å²) >= 11 is 0. The third-order valence-corrected chi connectivity index (χ3v) is 2.91. The topological polar surface area (TPSA) is 52.4 Å². The molecule has 0 atom stereocenters. The number of hydrogen-bond acceptors (Lipinski definition) is 5. The highest BCUT2D eigenvalue weighted by atomic mass is 15.5. The summed E-state index contributed by atoms with van der Waals surface area (Å²) in [5.74, 6) is 0.672. The largest absolute Gasteiger partial charge is 0.294 e. The van der Waals surface area contributed by atoms with Gasteiger partial charge in [0.15, 0.2) is 5.82 Å². The van der Waals surface area contributed by atoms with E-state index in [9.17, 15) is 0 Å². The van der Waals surface area contributed by atoms with Gasteiger partial charge in [0, 0.05) is 32.7 Å². The maximum absolute atomic E-state index is 4.57. The fourth-order valence-corrected chi connectivity index (χ4v) is 1.68. The first kappa shape index (κ1) is 22.5. The second kappa shape index (κ2) is 15.0. The van der Waals surface area contributed by atoms with E-state index in [1.807, 2.05) is 62.6 Å². The van der Waals surface area contributed by atoms with E-state index in [0.29, 0.717) is 11.5 Å². The van der Waals surface area contributed by atoms with Crippen LogP contribution in [-0.4, -0.2) is 37.7 Å². The zero-order valence-electron chi connectivity index (χ0n) is 16.1. The lowest BCUT2D eigenvalue weighted by Gasteiger charge is -2.20. The van der Waals surface area contributed by atoms with Gasteiger partial charge in [0.2, 0.25) is 0 Å². The highest BCUT2D eigenvalue weighted by Gasteiger charge is 2.09. The summed E-state index contributed by atoms with van der Waals surface area (Å²) in [6.07, 6.45) is 18.6. The van der Waals surface area contributed by atoms with Crippen molar-refractivity contribution in [2.45, 2.75) is 33.6 Å². The van der Waals surface area contributed by atoms with Crippen LogP contribution in [0.1, 0.15) is 33.6 Å². The number of aliphatic imine (C=N–C) groups is 3. The molecule has 5 nitrogen and oxygen atoms in total. The van der Waals surface area contributed by atoms with Gasteiger partial charge in [0.05, 0.1) is 6.21 Å². The molecule has 0 bridgehead atoms. The van der Waals surface area contributed by atoms with Crippen molar-refractivity contribution < 1.29 is 0 Å². The molecule has 25 heavy (non-hydrogen) atoms. The average Bonchev–Trinajstić information content (AvgIpc) is 2.63. The van der Waals surface area contributed by atoms with Crippen molar-refractivity contribution in [3.8, 4) is 0 Å². The summed E-state index contributed by atoms with van der Waals surface area (Å²) in [7, 11) is 3.55. The number of nitrogens with zero attached hydrogens (tertiary/aromatic N) is 4. The highest BCUT2D eigenvalue weighted by Crippen LogP contribution is 2.12. The van der Waals surface area contributed by atoms with Gasteiger partial charge < -0.3 is 0 Å². The quantitative estimate of drug-likeness (QED) is 0.343. The molecule has 0 radical (unpaired) electrons. The normalized spacial score (nSPS) is 14.5. The molecule has 0 unspecified atom stereocenters. The summed E-state index contributed by atoms with van der Waals surface area (Å²) in [4.78, 5) is 13.2. The van der Waals surface area contributed by atoms with Crippen molar-refractivity contribution in [3.63, 3.8) is 0 Å². The summed E-state index contributed by atoms with van der Waals surface area (Å²) < 4.78 is 0. The molecular weight excluding hydrogens is 310 g/mol. The zero-order valence-corrected chi connectivity index (χ0v) is 16.1. The maximum atomic E-state index is 4.57. The molecule has 0 fully saturated rings. The number of hydrazine groups is 1. The van der Waals surface area contributed by atoms with E-state index in [1.54, 1.807) is 25.6 Å². The van der Waals surface area contributed by atoms with Crippen LogP contribution in [0.25, 0.3) is 0 Å². The highest BCUT2D eigenvalue weighted by molar-refractivity contribution is 5.88. The fraction of sp³-hybridized carbons (Fsp3) is 0.350. The minimum atomic E-state index is 0.649. The first-order chi connectivity index (χ1) is 12.2. The summed E-state index contributed by atoms with van der Waals surface area (Å²) in [5, 5.41) is 1.83. The second-order valence-electron chi connectivity index (χ2n) is 4.86. The Hall–Kier alpha value is -2.53.